The minimum absolute atomic E-state index is 0.122. The van der Waals surface area contributed by atoms with Gasteiger partial charge in [-0.3, -0.25) is 9.48 Å². The van der Waals surface area contributed by atoms with Gasteiger partial charge in [-0.2, -0.15) is 5.10 Å². The molecule has 1 spiro atoms. The van der Waals surface area contributed by atoms with Crippen LogP contribution < -0.4 is 4.90 Å². The third kappa shape index (κ3) is 2.37. The molecule has 5 heteroatoms. The van der Waals surface area contributed by atoms with Crippen LogP contribution in [0.4, 0.5) is 5.69 Å². The molecule has 1 amide bonds. The zero-order valence-corrected chi connectivity index (χ0v) is 12.8. The molecule has 0 bridgehead atoms. The molecule has 3 heterocycles. The molecule has 0 unspecified atom stereocenters. The third-order valence-corrected chi connectivity index (χ3v) is 5.38. The van der Waals surface area contributed by atoms with Crippen molar-refractivity contribution in [3.63, 3.8) is 0 Å². The van der Waals surface area contributed by atoms with Gasteiger partial charge in [0, 0.05) is 32.9 Å². The van der Waals surface area contributed by atoms with E-state index in [0.29, 0.717) is 5.91 Å². The van der Waals surface area contributed by atoms with E-state index in [2.05, 4.69) is 10.00 Å². The molecule has 1 aromatic heterocycles. The zero-order chi connectivity index (χ0) is 14.4. The highest BCUT2D eigenvalue weighted by Crippen LogP contribution is 2.42. The van der Waals surface area contributed by atoms with Gasteiger partial charge in [0.15, 0.2) is 0 Å². The average molecular weight is 288 g/mol. The number of hydrogen-bond donors (Lipinski definition) is 0. The van der Waals surface area contributed by atoms with E-state index in [1.807, 2.05) is 24.3 Å². The van der Waals surface area contributed by atoms with Crippen molar-refractivity contribution < 1.29 is 4.79 Å². The monoisotopic (exact) mass is 288 g/mol. The molecule has 5 nitrogen and oxygen atoms in total. The molecular formula is C16H24N4O. The lowest BCUT2D eigenvalue weighted by atomic mass is 9.78. The fraction of sp³-hybridized carbons (Fsp3) is 0.750. The van der Waals surface area contributed by atoms with Crippen molar-refractivity contribution in [2.75, 3.05) is 31.1 Å². The number of carbonyl (C=O) groups excluding carboxylic acids is 1. The number of carbonyl (C=O) groups is 1. The second kappa shape index (κ2) is 4.83. The number of amides is 1. The summed E-state index contributed by atoms with van der Waals surface area (Å²) in [7, 11) is 1.90. The topological polar surface area (TPSA) is 41.4 Å². The molecule has 0 radical (unpaired) electrons. The third-order valence-electron chi connectivity index (χ3n) is 5.38. The van der Waals surface area contributed by atoms with E-state index >= 15 is 0 Å². The summed E-state index contributed by atoms with van der Waals surface area (Å²) in [6, 6.07) is 0. The maximum atomic E-state index is 13.0. The van der Waals surface area contributed by atoms with Crippen LogP contribution in [0.2, 0.25) is 0 Å². The van der Waals surface area contributed by atoms with Gasteiger partial charge in [-0.25, -0.2) is 0 Å². The first-order chi connectivity index (χ1) is 10.2. The fourth-order valence-electron chi connectivity index (χ4n) is 4.04. The quantitative estimate of drug-likeness (QED) is 0.849. The predicted molar refractivity (Wildman–Crippen MR) is 81.0 cm³/mol. The van der Waals surface area contributed by atoms with Crippen LogP contribution in [0.5, 0.6) is 0 Å². The van der Waals surface area contributed by atoms with Gasteiger partial charge in [0.2, 0.25) is 5.91 Å². The Bertz CT molecular complexity index is 550. The zero-order valence-electron chi connectivity index (χ0n) is 12.8. The van der Waals surface area contributed by atoms with Crippen molar-refractivity contribution in [1.82, 2.24) is 14.7 Å². The number of aromatic nitrogens is 2. The Kier molecular flexibility index (Phi) is 3.06. The Morgan fingerprint density at radius 2 is 2.19 bits per heavy atom. The number of nitrogens with zero attached hydrogens (tertiary/aromatic N) is 4. The Balaban J connectivity index is 1.50. The summed E-state index contributed by atoms with van der Waals surface area (Å²) in [6.45, 7) is 4.21. The van der Waals surface area contributed by atoms with Gasteiger partial charge >= 0.3 is 0 Å². The van der Waals surface area contributed by atoms with Crippen LogP contribution in [0, 0.1) is 11.3 Å². The van der Waals surface area contributed by atoms with Crippen molar-refractivity contribution in [1.29, 1.82) is 0 Å². The molecule has 114 valence electrons. The van der Waals surface area contributed by atoms with Gasteiger partial charge in [0.1, 0.15) is 0 Å². The number of likely N-dealkylation sites (tertiary alicyclic amines) is 1. The summed E-state index contributed by atoms with van der Waals surface area (Å²) in [5.74, 6) is 1.24. The molecule has 3 aliphatic rings. The molecule has 2 aliphatic heterocycles. The minimum atomic E-state index is -0.122. The van der Waals surface area contributed by atoms with E-state index < -0.39 is 0 Å². The van der Waals surface area contributed by atoms with E-state index in [1.54, 1.807) is 4.68 Å². The maximum absolute atomic E-state index is 13.0. The molecule has 1 saturated carbocycles. The van der Waals surface area contributed by atoms with Crippen LogP contribution in [0.1, 0.15) is 32.1 Å². The molecule has 0 aromatic carbocycles. The van der Waals surface area contributed by atoms with E-state index in [-0.39, 0.29) is 5.41 Å². The lowest BCUT2D eigenvalue weighted by Gasteiger charge is -2.39. The highest BCUT2D eigenvalue weighted by atomic mass is 16.2. The summed E-state index contributed by atoms with van der Waals surface area (Å²) in [4.78, 5) is 17.5. The molecule has 2 saturated heterocycles. The number of rotatable bonds is 3. The normalized spacial score (nSPS) is 30.5. The predicted octanol–water partition coefficient (Wildman–Crippen LogP) is 1.65. The van der Waals surface area contributed by atoms with Crippen molar-refractivity contribution >= 4 is 11.6 Å². The molecule has 4 rings (SSSR count). The highest BCUT2D eigenvalue weighted by molar-refractivity contribution is 6.00. The van der Waals surface area contributed by atoms with Crippen LogP contribution in [0.3, 0.4) is 0 Å². The average Bonchev–Trinajstić information content (AvgIpc) is 3.10. The fourth-order valence-corrected chi connectivity index (χ4v) is 4.04. The van der Waals surface area contributed by atoms with Crippen LogP contribution in [-0.2, 0) is 11.8 Å². The first kappa shape index (κ1) is 13.3. The molecule has 3 fully saturated rings. The van der Waals surface area contributed by atoms with Crippen LogP contribution in [0.15, 0.2) is 12.4 Å². The van der Waals surface area contributed by atoms with Gasteiger partial charge in [-0.15, -0.1) is 0 Å². The largest absolute Gasteiger partial charge is 0.309 e. The summed E-state index contributed by atoms with van der Waals surface area (Å²) < 4.78 is 1.77. The van der Waals surface area contributed by atoms with Gasteiger partial charge in [-0.1, -0.05) is 0 Å². The van der Waals surface area contributed by atoms with E-state index in [4.69, 9.17) is 0 Å². The van der Waals surface area contributed by atoms with Gasteiger partial charge in [-0.05, 0) is 44.6 Å². The van der Waals surface area contributed by atoms with Gasteiger partial charge < -0.3 is 9.80 Å². The second-order valence-corrected chi connectivity index (χ2v) is 7.14. The van der Waals surface area contributed by atoms with Crippen LogP contribution >= 0.6 is 0 Å². The highest BCUT2D eigenvalue weighted by Gasteiger charge is 2.49. The van der Waals surface area contributed by atoms with Crippen molar-refractivity contribution in [3.05, 3.63) is 12.4 Å². The summed E-state index contributed by atoms with van der Waals surface area (Å²) in [5.41, 5.74) is 0.835. The number of piperidine rings is 1. The molecular weight excluding hydrogens is 264 g/mol. The molecule has 21 heavy (non-hydrogen) atoms. The Morgan fingerprint density at radius 3 is 2.90 bits per heavy atom. The van der Waals surface area contributed by atoms with Crippen molar-refractivity contribution in [2.45, 2.75) is 32.1 Å². The standard InChI is InChI=1S/C16H24N4O/c1-18-11-14(9-17-18)20-8-6-16(15(20)21)5-2-7-19(12-16)10-13-3-4-13/h9,11,13H,2-8,10,12H2,1H3/t16-/m0/s1. The Hall–Kier alpha value is -1.36. The van der Waals surface area contributed by atoms with E-state index in [0.717, 1.165) is 37.5 Å². The minimum Gasteiger partial charge on any atom is -0.309 e. The lowest BCUT2D eigenvalue weighted by molar-refractivity contribution is -0.128. The summed E-state index contributed by atoms with van der Waals surface area (Å²) in [6.07, 6.45) is 9.76. The Morgan fingerprint density at radius 1 is 1.33 bits per heavy atom. The summed E-state index contributed by atoms with van der Waals surface area (Å²) in [5, 5.41) is 4.20. The lowest BCUT2D eigenvalue weighted by Crippen LogP contribution is -2.48. The Labute approximate surface area is 125 Å². The molecule has 1 atom stereocenters. The molecule has 1 aliphatic carbocycles. The first-order valence-electron chi connectivity index (χ1n) is 8.19. The van der Waals surface area contributed by atoms with Gasteiger partial charge in [0.05, 0.1) is 17.3 Å². The van der Waals surface area contributed by atoms with Crippen molar-refractivity contribution in [2.24, 2.45) is 18.4 Å². The smallest absolute Gasteiger partial charge is 0.234 e. The van der Waals surface area contributed by atoms with Crippen LogP contribution in [-0.4, -0.2) is 46.8 Å². The number of hydrogen-bond acceptors (Lipinski definition) is 3. The first-order valence-corrected chi connectivity index (χ1v) is 8.19. The van der Waals surface area contributed by atoms with E-state index in [9.17, 15) is 4.79 Å². The van der Waals surface area contributed by atoms with Crippen molar-refractivity contribution in [3.8, 4) is 0 Å². The maximum Gasteiger partial charge on any atom is 0.234 e. The summed E-state index contributed by atoms with van der Waals surface area (Å²) >= 11 is 0. The molecule has 1 aromatic rings. The molecule has 0 N–H and O–H groups in total. The number of aryl methyl sites for hydroxylation is 1. The van der Waals surface area contributed by atoms with Gasteiger partial charge in [0.25, 0.3) is 0 Å². The second-order valence-electron chi connectivity index (χ2n) is 7.14. The number of anilines is 1. The SMILES string of the molecule is Cn1cc(N2CC[C@]3(CCCN(CC4CC4)C3)C2=O)cn1. The van der Waals surface area contributed by atoms with Crippen LogP contribution in [0.25, 0.3) is 0 Å². The van der Waals surface area contributed by atoms with E-state index in [1.165, 1.54) is 32.4 Å².